The van der Waals surface area contributed by atoms with E-state index in [2.05, 4.69) is 21.3 Å². The molecule has 544 valence electrons. The van der Waals surface area contributed by atoms with E-state index in [1.807, 2.05) is 0 Å². The van der Waals surface area contributed by atoms with Crippen LogP contribution in [0.2, 0.25) is 0 Å². The molecule has 0 spiro atoms. The molecule has 0 aliphatic carbocycles. The van der Waals surface area contributed by atoms with E-state index >= 15 is 0 Å². The lowest BCUT2D eigenvalue weighted by atomic mass is 9.93. The van der Waals surface area contributed by atoms with Crippen molar-refractivity contribution in [1.29, 1.82) is 0 Å². The zero-order chi connectivity index (χ0) is 69.3. The first kappa shape index (κ1) is 77.9. The summed E-state index contributed by atoms with van der Waals surface area (Å²) in [5.74, 6) is -2.69. The van der Waals surface area contributed by atoms with Crippen molar-refractivity contribution in [1.82, 2.24) is 21.3 Å². The van der Waals surface area contributed by atoms with Crippen molar-refractivity contribution in [2.45, 2.75) is 242 Å². The molecule has 36 atom stereocenters. The highest BCUT2D eigenvalue weighted by molar-refractivity contribution is 5.74. The summed E-state index contributed by atoms with van der Waals surface area (Å²) in [6, 6.07) is -6.48. The normalized spacial score (nSPS) is 46.4. The first-order valence-corrected chi connectivity index (χ1v) is 29.8. The lowest BCUT2D eigenvalue weighted by Gasteiger charge is -2.51. The van der Waals surface area contributed by atoms with Gasteiger partial charge in [-0.15, -0.1) is 0 Å². The van der Waals surface area contributed by atoms with Gasteiger partial charge in [0, 0.05) is 20.8 Å². The van der Waals surface area contributed by atoms with Gasteiger partial charge in [0.25, 0.3) is 0 Å². The van der Waals surface area contributed by atoms with E-state index in [4.69, 9.17) is 66.3 Å². The van der Waals surface area contributed by atoms with Gasteiger partial charge < -0.3 is 190 Å². The molecule has 0 bridgehead atoms. The predicted molar refractivity (Wildman–Crippen MR) is 290 cm³/mol. The molecule has 0 unspecified atom stereocenters. The molecule has 7 rings (SSSR count). The van der Waals surface area contributed by atoms with Crippen molar-refractivity contribution in [2.24, 2.45) is 0 Å². The molecule has 7 aliphatic rings. The summed E-state index contributed by atoms with van der Waals surface area (Å²) in [7, 11) is 0. The average molecular weight is 1380 g/mol. The quantitative estimate of drug-likeness (QED) is 0.0324. The Morgan fingerprint density at radius 1 is 0.351 bits per heavy atom. The number of hydrogen-bond donors (Lipinski definition) is 24. The van der Waals surface area contributed by atoms with Gasteiger partial charge in [0.15, 0.2) is 44.0 Å². The Bertz CT molecular complexity index is 2370. The summed E-state index contributed by atoms with van der Waals surface area (Å²) < 4.78 is 82.0. The molecule has 7 aliphatic heterocycles. The van der Waals surface area contributed by atoms with E-state index < -0.39 is 298 Å². The van der Waals surface area contributed by atoms with Crippen LogP contribution < -0.4 is 21.3 Å². The number of aliphatic hydroxyl groups excluding tert-OH is 20. The minimum Gasteiger partial charge on any atom is -0.394 e. The van der Waals surface area contributed by atoms with Gasteiger partial charge in [0.1, 0.15) is 171 Å². The molecular weight excluding hydrogens is 1290 g/mol. The van der Waals surface area contributed by atoms with Crippen LogP contribution in [0.25, 0.3) is 0 Å². The van der Waals surface area contributed by atoms with Crippen LogP contribution in [0.1, 0.15) is 20.8 Å². The third-order valence-corrected chi connectivity index (χ3v) is 16.7. The summed E-state index contributed by atoms with van der Waals surface area (Å²) in [6.07, 6.45) is -63.8. The number of amides is 4. The van der Waals surface area contributed by atoms with Crippen molar-refractivity contribution in [3.63, 3.8) is 0 Å². The summed E-state index contributed by atoms with van der Waals surface area (Å²) in [6.45, 7) is -5.33. The molecule has 42 heteroatoms. The van der Waals surface area contributed by atoms with Crippen LogP contribution in [0.4, 0.5) is 0 Å². The fourth-order valence-corrected chi connectivity index (χ4v) is 11.7. The van der Waals surface area contributed by atoms with E-state index in [-0.39, 0.29) is 6.41 Å². The first-order valence-electron chi connectivity index (χ1n) is 29.8. The molecule has 7 heterocycles. The second-order valence-corrected chi connectivity index (χ2v) is 23.3. The molecule has 4 amide bonds. The topological polar surface area (TPSA) is 650 Å². The molecule has 0 aromatic heterocycles. The van der Waals surface area contributed by atoms with E-state index in [0.29, 0.717) is 0 Å². The maximum absolute atomic E-state index is 13.2. The monoisotopic (exact) mass is 1380 g/mol. The number of rotatable bonds is 28. The molecule has 42 nitrogen and oxygen atoms in total. The van der Waals surface area contributed by atoms with Crippen LogP contribution in [-0.4, -0.2) is 407 Å². The van der Waals surface area contributed by atoms with Gasteiger partial charge in [-0.25, -0.2) is 0 Å². The molecular formula is C52H88N4O38. The van der Waals surface area contributed by atoms with Crippen molar-refractivity contribution in [3.8, 4) is 0 Å². The molecule has 94 heavy (non-hydrogen) atoms. The fraction of sp³-hybridized carbons (Fsp3) is 0.923. The van der Waals surface area contributed by atoms with Gasteiger partial charge >= 0.3 is 0 Å². The Morgan fingerprint density at radius 2 is 0.691 bits per heavy atom. The number of nitrogens with one attached hydrogen (secondary N) is 4. The third-order valence-electron chi connectivity index (χ3n) is 16.7. The molecule has 0 aromatic carbocycles. The second-order valence-electron chi connectivity index (χ2n) is 23.3. The molecule has 0 radical (unpaired) electrons. The van der Waals surface area contributed by atoms with Gasteiger partial charge in [-0.3, -0.25) is 19.2 Å². The van der Waals surface area contributed by atoms with E-state index in [9.17, 15) is 121 Å². The number of hydrogen-bond acceptors (Lipinski definition) is 38. The van der Waals surface area contributed by atoms with Gasteiger partial charge in [0.05, 0.1) is 65.5 Å². The smallest absolute Gasteiger partial charge is 0.217 e. The standard InChI is InChI=1S/C52H88N4O38/c1-14(65)54-25-34(74)28(68)18(5-58)83-46(25)82-12-24-33(73)45(94-48-26(55-15(2)66)42(30(70)20(7-60)85-48)91-50-37(77)35(75)29(69)19(6-59)86-50)40(80)52(89-24)92-43-27(56-16(3)67)47(84-21(8-61)31(43)71)93-44-32(72)22(9-62)87-51(39(44)79)90-41-23(10-63)88-49(38(78)36(41)76)81-11-17(4-57)53-13-64/h13,17-52,57-63,68-80H,4-12H2,1-3H3,(H,53,64)(H,54,65)(H,55,66)(H,56,67)/t17-,18-,19-,20-,21-,22-,23-,24-,25-,26-,27-,28-,29+,30-,31-,32+,33+,34-,35+,36-,37-,38-,39-,40-,41-,42-,43-,44+,45+,46-,47+,48+,49-,50+,51+,52+/m1/s1. The Labute approximate surface area is 533 Å². The molecule has 24 N–H and O–H groups in total. The lowest BCUT2D eigenvalue weighted by Crippen LogP contribution is -2.71. The SMILES string of the molecule is CC(=O)N[C@H]1[C@H](OC[C@H]2O[C@@H](O[C@H]3[C@H](O)[C@@H](CO)O[C@@H](O[C@H]4[C@@H](O)[C@@H](CO)O[C@@H](O[C@H]5[C@H](O)[C@@H](O)[C@H](OC[C@@H](CO)NC=O)O[C@@H]5CO)[C@@H]4O)[C@@H]3NC(C)=O)[C@H](O)[C@@H](O[C@@H]3O[C@H](CO)[C@@H](O)[C@H](O[C@@H]4O[C@H](CO)[C@H](O)[C@H](O)[C@H]4O)[C@H]3NC(C)=O)[C@H]2O)O[C@H](CO)[C@@H](O)[C@@H]1O. The van der Waals surface area contributed by atoms with Crippen molar-refractivity contribution < 1.29 is 188 Å². The number of aliphatic hydroxyl groups is 20. The zero-order valence-electron chi connectivity index (χ0n) is 50.5. The fourth-order valence-electron chi connectivity index (χ4n) is 11.7. The predicted octanol–water partition coefficient (Wildman–Crippen LogP) is -16.7. The Balaban J connectivity index is 1.21. The molecule has 7 saturated heterocycles. The minimum atomic E-state index is -2.45. The van der Waals surface area contributed by atoms with Crippen LogP contribution >= 0.6 is 0 Å². The van der Waals surface area contributed by atoms with Gasteiger partial charge in [-0.1, -0.05) is 0 Å². The average Bonchev–Trinajstić information content (AvgIpc) is 0.775. The van der Waals surface area contributed by atoms with E-state index in [1.165, 1.54) is 0 Å². The third kappa shape index (κ3) is 17.7. The Morgan fingerprint density at radius 3 is 1.13 bits per heavy atom. The van der Waals surface area contributed by atoms with Crippen LogP contribution in [0, 0.1) is 0 Å². The van der Waals surface area contributed by atoms with Crippen LogP contribution in [0.5, 0.6) is 0 Å². The summed E-state index contributed by atoms with van der Waals surface area (Å²) in [4.78, 5) is 49.4. The molecule has 7 fully saturated rings. The van der Waals surface area contributed by atoms with E-state index in [0.717, 1.165) is 20.8 Å². The largest absolute Gasteiger partial charge is 0.394 e. The molecule has 0 saturated carbocycles. The number of carbonyl (C=O) groups is 4. The summed E-state index contributed by atoms with van der Waals surface area (Å²) >= 11 is 0. The first-order chi connectivity index (χ1) is 44.6. The summed E-state index contributed by atoms with van der Waals surface area (Å²) in [5.41, 5.74) is 0. The second kappa shape index (κ2) is 35.0. The highest BCUT2D eigenvalue weighted by Crippen LogP contribution is 2.38. The van der Waals surface area contributed by atoms with Crippen molar-refractivity contribution >= 4 is 24.1 Å². The lowest BCUT2D eigenvalue weighted by molar-refractivity contribution is -0.387. The zero-order valence-corrected chi connectivity index (χ0v) is 50.5. The maximum Gasteiger partial charge on any atom is 0.217 e. The van der Waals surface area contributed by atoms with Crippen LogP contribution in [-0.2, 0) is 85.5 Å². The number of ether oxygens (including phenoxy) is 14. The van der Waals surface area contributed by atoms with Crippen molar-refractivity contribution in [2.75, 3.05) is 59.5 Å². The Kier molecular flexibility index (Phi) is 29.0. The molecule has 0 aromatic rings. The minimum absolute atomic E-state index is 0.257. The highest BCUT2D eigenvalue weighted by Gasteiger charge is 2.59. The van der Waals surface area contributed by atoms with E-state index in [1.54, 1.807) is 0 Å². The summed E-state index contributed by atoms with van der Waals surface area (Å²) in [5, 5.41) is 228. The van der Waals surface area contributed by atoms with Gasteiger partial charge in [0.2, 0.25) is 24.1 Å². The van der Waals surface area contributed by atoms with Crippen LogP contribution in [0.15, 0.2) is 0 Å². The Hall–Kier alpha value is -3.48. The van der Waals surface area contributed by atoms with Crippen molar-refractivity contribution in [3.05, 3.63) is 0 Å². The van der Waals surface area contributed by atoms with Crippen LogP contribution in [0.3, 0.4) is 0 Å². The van der Waals surface area contributed by atoms with Gasteiger partial charge in [-0.05, 0) is 0 Å². The highest BCUT2D eigenvalue weighted by atomic mass is 16.8. The number of carbonyl (C=O) groups excluding carboxylic acids is 4. The van der Waals surface area contributed by atoms with Gasteiger partial charge in [-0.2, -0.15) is 0 Å². The maximum atomic E-state index is 13.2.